The van der Waals surface area contributed by atoms with Crippen LogP contribution < -0.4 is 10.2 Å². The van der Waals surface area contributed by atoms with Crippen molar-refractivity contribution >= 4 is 38.7 Å². The number of carbonyl (C=O) groups excluding carboxylic acids is 1. The minimum atomic E-state index is -3.80. The number of hydrogen-bond acceptors (Lipinski definition) is 7. The van der Waals surface area contributed by atoms with Crippen LogP contribution in [0.3, 0.4) is 0 Å². The van der Waals surface area contributed by atoms with Crippen LogP contribution in [0, 0.1) is 5.82 Å². The smallest absolute Gasteiger partial charge is 0.276 e. The fourth-order valence-electron chi connectivity index (χ4n) is 3.33. The number of carbonyl (C=O) groups is 1. The van der Waals surface area contributed by atoms with E-state index in [0.717, 1.165) is 6.26 Å². The summed E-state index contributed by atoms with van der Waals surface area (Å²) in [5.41, 5.74) is 1.13. The molecule has 2 aromatic carbocycles. The van der Waals surface area contributed by atoms with E-state index in [2.05, 4.69) is 15.3 Å². The number of aromatic nitrogens is 2. The molecule has 8 nitrogen and oxygen atoms in total. The Balaban J connectivity index is 1.78. The van der Waals surface area contributed by atoms with E-state index in [1.807, 2.05) is 0 Å². The van der Waals surface area contributed by atoms with Crippen LogP contribution in [0.25, 0.3) is 0 Å². The molecule has 0 saturated carbocycles. The molecular formula is C24H20ClFN4O4S. The quantitative estimate of drug-likeness (QED) is 0.339. The summed E-state index contributed by atoms with van der Waals surface area (Å²) in [4.78, 5) is 23.0. The van der Waals surface area contributed by atoms with Crippen molar-refractivity contribution in [3.8, 4) is 0 Å². The summed E-state index contributed by atoms with van der Waals surface area (Å²) in [6, 6.07) is 15.9. The van der Waals surface area contributed by atoms with Gasteiger partial charge in [0, 0.05) is 23.5 Å². The molecule has 35 heavy (non-hydrogen) atoms. The summed E-state index contributed by atoms with van der Waals surface area (Å²) in [5, 5.41) is 2.69. The molecule has 1 N–H and O–H groups in total. The molecule has 0 bridgehead atoms. The number of benzene rings is 2. The Bertz CT molecular complexity index is 1440. The number of nitrogens with one attached hydrogen (secondary N) is 1. The largest absolute Gasteiger partial charge is 0.467 e. The van der Waals surface area contributed by atoms with E-state index < -0.39 is 26.7 Å². The number of hydrogen-bond donors (Lipinski definition) is 1. The van der Waals surface area contributed by atoms with Crippen LogP contribution in [-0.2, 0) is 22.9 Å². The van der Waals surface area contributed by atoms with Crippen molar-refractivity contribution in [2.75, 3.05) is 16.5 Å². The molecule has 0 aliphatic carbocycles. The van der Waals surface area contributed by atoms with E-state index >= 15 is 0 Å². The number of furan rings is 1. The molecule has 11 heteroatoms. The average molecular weight is 515 g/mol. The third-order valence-electron chi connectivity index (χ3n) is 4.93. The molecule has 0 saturated heterocycles. The van der Waals surface area contributed by atoms with Gasteiger partial charge < -0.3 is 14.6 Å². The number of anilines is 2. The van der Waals surface area contributed by atoms with Crippen molar-refractivity contribution in [2.45, 2.75) is 18.2 Å². The van der Waals surface area contributed by atoms with E-state index in [0.29, 0.717) is 22.0 Å². The van der Waals surface area contributed by atoms with Crippen molar-refractivity contribution in [1.29, 1.82) is 0 Å². The highest BCUT2D eigenvalue weighted by molar-refractivity contribution is 7.90. The van der Waals surface area contributed by atoms with Gasteiger partial charge in [-0.05, 0) is 54.1 Å². The van der Waals surface area contributed by atoms with Crippen molar-refractivity contribution < 1.29 is 22.0 Å². The highest BCUT2D eigenvalue weighted by Gasteiger charge is 2.24. The number of sulfone groups is 1. The van der Waals surface area contributed by atoms with Crippen molar-refractivity contribution in [2.24, 2.45) is 0 Å². The molecule has 0 spiro atoms. The normalized spacial score (nSPS) is 11.3. The van der Waals surface area contributed by atoms with Crippen LogP contribution in [0.15, 0.2) is 82.7 Å². The zero-order chi connectivity index (χ0) is 25.0. The Hall–Kier alpha value is -3.76. The molecule has 0 fully saturated rings. The summed E-state index contributed by atoms with van der Waals surface area (Å²) in [6.45, 7) is 0.355. The van der Waals surface area contributed by atoms with Crippen LogP contribution in [0.2, 0.25) is 5.02 Å². The van der Waals surface area contributed by atoms with Gasteiger partial charge in [-0.1, -0.05) is 23.7 Å². The second kappa shape index (κ2) is 10.2. The maximum absolute atomic E-state index is 13.9. The second-order valence-corrected chi connectivity index (χ2v) is 10.0. The fourth-order valence-corrected chi connectivity index (χ4v) is 3.96. The maximum atomic E-state index is 13.9. The molecule has 2 aromatic heterocycles. The summed E-state index contributed by atoms with van der Waals surface area (Å²) >= 11 is 5.92. The Labute approximate surface area is 206 Å². The van der Waals surface area contributed by atoms with Gasteiger partial charge in [-0.3, -0.25) is 4.79 Å². The summed E-state index contributed by atoms with van der Waals surface area (Å²) in [6.07, 6.45) is 3.73. The molecular weight excluding hydrogens is 495 g/mol. The Morgan fingerprint density at radius 3 is 2.54 bits per heavy atom. The molecule has 180 valence electrons. The maximum Gasteiger partial charge on any atom is 0.276 e. The van der Waals surface area contributed by atoms with Gasteiger partial charge in [-0.2, -0.15) is 0 Å². The highest BCUT2D eigenvalue weighted by Crippen LogP contribution is 2.26. The SMILES string of the molecule is CS(=O)(=O)c1ncc(N(Cc2cccc(F)c2)Cc2ccco2)c(C(=O)Nc2ccc(Cl)cc2)n1. The van der Waals surface area contributed by atoms with E-state index in [4.69, 9.17) is 16.0 Å². The van der Waals surface area contributed by atoms with Gasteiger partial charge in [0.2, 0.25) is 15.0 Å². The first kappa shape index (κ1) is 24.4. The van der Waals surface area contributed by atoms with Crippen molar-refractivity contribution in [3.05, 3.63) is 101 Å². The summed E-state index contributed by atoms with van der Waals surface area (Å²) in [7, 11) is -3.80. The van der Waals surface area contributed by atoms with Gasteiger partial charge in [0.25, 0.3) is 5.91 Å². The van der Waals surface area contributed by atoms with Gasteiger partial charge in [0.15, 0.2) is 5.69 Å². The van der Waals surface area contributed by atoms with Crippen LogP contribution >= 0.6 is 11.6 Å². The number of rotatable bonds is 8. The third-order valence-corrected chi connectivity index (χ3v) is 6.04. The first-order valence-electron chi connectivity index (χ1n) is 10.3. The van der Waals surface area contributed by atoms with Gasteiger partial charge in [0.05, 0.1) is 24.7 Å². The van der Waals surface area contributed by atoms with E-state index in [-0.39, 0.29) is 24.5 Å². The first-order valence-corrected chi connectivity index (χ1v) is 12.6. The molecule has 1 amide bonds. The number of amides is 1. The van der Waals surface area contributed by atoms with Crippen LogP contribution in [0.5, 0.6) is 0 Å². The lowest BCUT2D eigenvalue weighted by Gasteiger charge is -2.25. The lowest BCUT2D eigenvalue weighted by atomic mass is 10.1. The zero-order valence-corrected chi connectivity index (χ0v) is 20.1. The Morgan fingerprint density at radius 1 is 1.11 bits per heavy atom. The predicted octanol–water partition coefficient (Wildman–Crippen LogP) is 4.72. The Morgan fingerprint density at radius 2 is 1.89 bits per heavy atom. The van der Waals surface area contributed by atoms with Gasteiger partial charge in [0.1, 0.15) is 11.6 Å². The van der Waals surface area contributed by atoms with E-state index in [9.17, 15) is 17.6 Å². The first-order chi connectivity index (χ1) is 16.7. The van der Waals surface area contributed by atoms with Crippen molar-refractivity contribution in [3.63, 3.8) is 0 Å². The standard InChI is InChI=1S/C24H20ClFN4O4S/c1-35(32,33)24-27-13-21(22(29-24)23(31)28-19-9-7-17(25)8-10-19)30(15-20-6-3-11-34-20)14-16-4-2-5-18(26)12-16/h2-13H,14-15H2,1H3,(H,28,31). The third kappa shape index (κ3) is 6.23. The van der Waals surface area contributed by atoms with Gasteiger partial charge >= 0.3 is 0 Å². The molecule has 0 unspecified atom stereocenters. The average Bonchev–Trinajstić information content (AvgIpc) is 3.32. The van der Waals surface area contributed by atoms with Crippen molar-refractivity contribution in [1.82, 2.24) is 9.97 Å². The lowest BCUT2D eigenvalue weighted by molar-refractivity contribution is 0.102. The second-order valence-electron chi connectivity index (χ2n) is 7.68. The van der Waals surface area contributed by atoms with Crippen LogP contribution in [0.1, 0.15) is 21.8 Å². The number of nitrogens with zero attached hydrogens (tertiary/aromatic N) is 3. The fraction of sp³-hybridized carbons (Fsp3) is 0.125. The van der Waals surface area contributed by atoms with Gasteiger partial charge in [-0.25, -0.2) is 22.8 Å². The molecule has 0 radical (unpaired) electrons. The minimum absolute atomic E-state index is 0.168. The molecule has 0 aliphatic rings. The van der Waals surface area contributed by atoms with E-state index in [1.165, 1.54) is 24.6 Å². The summed E-state index contributed by atoms with van der Waals surface area (Å²) in [5.74, 6) is -0.499. The van der Waals surface area contributed by atoms with E-state index in [1.54, 1.807) is 53.4 Å². The summed E-state index contributed by atoms with van der Waals surface area (Å²) < 4.78 is 43.6. The topological polar surface area (TPSA) is 105 Å². The zero-order valence-electron chi connectivity index (χ0n) is 18.5. The molecule has 4 aromatic rings. The Kier molecular flexibility index (Phi) is 7.13. The minimum Gasteiger partial charge on any atom is -0.467 e. The predicted molar refractivity (Wildman–Crippen MR) is 130 cm³/mol. The molecule has 0 atom stereocenters. The number of halogens is 2. The molecule has 0 aliphatic heterocycles. The molecule has 2 heterocycles. The monoisotopic (exact) mass is 514 g/mol. The molecule has 4 rings (SSSR count). The van der Waals surface area contributed by atoms with Crippen LogP contribution in [-0.4, -0.2) is 30.5 Å². The van der Waals surface area contributed by atoms with Gasteiger partial charge in [-0.15, -0.1) is 0 Å². The lowest BCUT2D eigenvalue weighted by Crippen LogP contribution is -2.27. The van der Waals surface area contributed by atoms with Crippen LogP contribution in [0.4, 0.5) is 15.8 Å². The highest BCUT2D eigenvalue weighted by atomic mass is 35.5.